The molecule has 0 saturated carbocycles. The minimum absolute atomic E-state index is 0.181. The third-order valence-corrected chi connectivity index (χ3v) is 7.48. The van der Waals surface area contributed by atoms with Gasteiger partial charge >= 0.3 is 0 Å². The molecule has 2 atom stereocenters. The molecule has 2 fully saturated rings. The molecular formula is C24H27N3O3S. The molecule has 3 aromatic rings. The summed E-state index contributed by atoms with van der Waals surface area (Å²) in [7, 11) is 1.63. The number of rotatable bonds is 6. The average Bonchev–Trinajstić information content (AvgIpc) is 3.37. The Labute approximate surface area is 185 Å². The molecule has 5 rings (SSSR count). The summed E-state index contributed by atoms with van der Waals surface area (Å²) in [5.41, 5.74) is 0.531. The molecule has 162 valence electrons. The maximum absolute atomic E-state index is 12.5. The quantitative estimate of drug-likeness (QED) is 0.639. The van der Waals surface area contributed by atoms with Gasteiger partial charge in [-0.1, -0.05) is 6.07 Å². The Balaban J connectivity index is 1.34. The van der Waals surface area contributed by atoms with Crippen LogP contribution in [0, 0.1) is 0 Å². The second-order valence-corrected chi connectivity index (χ2v) is 9.74. The number of ether oxygens (including phenoxy) is 1. The van der Waals surface area contributed by atoms with Crippen LogP contribution in [0.3, 0.4) is 0 Å². The van der Waals surface area contributed by atoms with Crippen LogP contribution in [0.25, 0.3) is 11.3 Å². The van der Waals surface area contributed by atoms with E-state index in [-0.39, 0.29) is 12.1 Å². The van der Waals surface area contributed by atoms with E-state index in [2.05, 4.69) is 27.5 Å². The number of aliphatic hydroxyl groups is 1. The van der Waals surface area contributed by atoms with Crippen molar-refractivity contribution in [1.82, 2.24) is 14.7 Å². The Morgan fingerprint density at radius 2 is 1.87 bits per heavy atom. The molecule has 0 amide bonds. The fraction of sp³-hybridized carbons (Fsp3) is 0.417. The molecule has 7 heteroatoms. The van der Waals surface area contributed by atoms with Gasteiger partial charge in [0.1, 0.15) is 5.75 Å². The smallest absolute Gasteiger partial charge is 0.266 e. The van der Waals surface area contributed by atoms with Gasteiger partial charge < -0.3 is 9.84 Å². The molecule has 0 spiro atoms. The van der Waals surface area contributed by atoms with Crippen LogP contribution in [0.5, 0.6) is 5.75 Å². The summed E-state index contributed by atoms with van der Waals surface area (Å²) in [5.74, 6) is 0.774. The Morgan fingerprint density at radius 1 is 1.13 bits per heavy atom. The predicted octanol–water partition coefficient (Wildman–Crippen LogP) is 3.54. The Bertz CT molecular complexity index is 1080. The molecule has 0 aliphatic carbocycles. The van der Waals surface area contributed by atoms with Gasteiger partial charge in [0.25, 0.3) is 5.56 Å². The molecule has 2 aliphatic rings. The van der Waals surface area contributed by atoms with Gasteiger partial charge in [-0.3, -0.25) is 9.69 Å². The molecule has 4 heterocycles. The van der Waals surface area contributed by atoms with E-state index in [9.17, 15) is 9.90 Å². The summed E-state index contributed by atoms with van der Waals surface area (Å²) < 4.78 is 6.66. The van der Waals surface area contributed by atoms with Gasteiger partial charge in [-0.05, 0) is 67.5 Å². The zero-order valence-corrected chi connectivity index (χ0v) is 18.4. The minimum atomic E-state index is -0.910. The molecule has 1 aromatic carbocycles. The monoisotopic (exact) mass is 437 g/mol. The first kappa shape index (κ1) is 20.4. The second-order valence-electron chi connectivity index (χ2n) is 8.71. The van der Waals surface area contributed by atoms with Gasteiger partial charge in [-0.15, -0.1) is 11.3 Å². The number of aromatic nitrogens is 2. The third kappa shape index (κ3) is 4.18. The summed E-state index contributed by atoms with van der Waals surface area (Å²) in [4.78, 5) is 16.4. The number of benzene rings is 1. The lowest BCUT2D eigenvalue weighted by atomic mass is 9.86. The van der Waals surface area contributed by atoms with Crippen LogP contribution < -0.4 is 10.3 Å². The zero-order chi connectivity index (χ0) is 21.4. The molecule has 2 aromatic heterocycles. The van der Waals surface area contributed by atoms with E-state index in [1.54, 1.807) is 24.5 Å². The molecular weight excluding hydrogens is 410 g/mol. The number of hydrogen-bond donors (Lipinski definition) is 1. The van der Waals surface area contributed by atoms with Gasteiger partial charge in [0.05, 0.1) is 24.9 Å². The number of nitrogens with zero attached hydrogens (tertiary/aromatic N) is 3. The van der Waals surface area contributed by atoms with Crippen molar-refractivity contribution in [3.05, 3.63) is 69.1 Å². The van der Waals surface area contributed by atoms with Crippen LogP contribution >= 0.6 is 11.3 Å². The van der Waals surface area contributed by atoms with Crippen molar-refractivity contribution in [3.8, 4) is 17.0 Å². The second kappa shape index (κ2) is 8.22. The van der Waals surface area contributed by atoms with Crippen molar-refractivity contribution >= 4 is 11.3 Å². The molecule has 0 radical (unpaired) electrons. The third-order valence-electron chi connectivity index (χ3n) is 6.62. The topological polar surface area (TPSA) is 67.6 Å². The predicted molar refractivity (Wildman–Crippen MR) is 121 cm³/mol. The van der Waals surface area contributed by atoms with Crippen molar-refractivity contribution in [2.75, 3.05) is 7.11 Å². The largest absolute Gasteiger partial charge is 0.497 e. The number of fused-ring (bicyclic) bond motifs is 2. The summed E-state index contributed by atoms with van der Waals surface area (Å²) >= 11 is 1.79. The molecule has 2 aliphatic heterocycles. The van der Waals surface area contributed by atoms with Crippen molar-refractivity contribution in [3.63, 3.8) is 0 Å². The lowest BCUT2D eigenvalue weighted by Gasteiger charge is -2.43. The Morgan fingerprint density at radius 3 is 2.52 bits per heavy atom. The summed E-state index contributed by atoms with van der Waals surface area (Å²) in [6.45, 7) is 1.18. The van der Waals surface area contributed by atoms with Crippen molar-refractivity contribution < 1.29 is 9.84 Å². The normalized spacial score (nSPS) is 25.6. The lowest BCUT2D eigenvalue weighted by Crippen LogP contribution is -2.53. The van der Waals surface area contributed by atoms with Gasteiger partial charge in [0.2, 0.25) is 0 Å². The van der Waals surface area contributed by atoms with Crippen LogP contribution in [-0.2, 0) is 13.1 Å². The molecule has 6 nitrogen and oxygen atoms in total. The van der Waals surface area contributed by atoms with Gasteiger partial charge in [0.15, 0.2) is 0 Å². The number of thiophene rings is 1. The number of piperidine rings is 1. The van der Waals surface area contributed by atoms with E-state index in [1.165, 1.54) is 15.6 Å². The van der Waals surface area contributed by atoms with E-state index >= 15 is 0 Å². The van der Waals surface area contributed by atoms with Crippen molar-refractivity contribution in [2.24, 2.45) is 0 Å². The molecule has 2 bridgehead atoms. The highest BCUT2D eigenvalue weighted by Crippen LogP contribution is 2.42. The molecule has 1 N–H and O–H groups in total. The van der Waals surface area contributed by atoms with E-state index in [0.717, 1.165) is 30.7 Å². The number of hydrogen-bond acceptors (Lipinski definition) is 6. The van der Waals surface area contributed by atoms with Crippen molar-refractivity contribution in [2.45, 2.75) is 56.5 Å². The van der Waals surface area contributed by atoms with Gasteiger partial charge in [-0.25, -0.2) is 4.68 Å². The maximum Gasteiger partial charge on any atom is 0.266 e. The van der Waals surface area contributed by atoms with E-state index in [1.807, 2.05) is 24.3 Å². The van der Waals surface area contributed by atoms with E-state index in [4.69, 9.17) is 4.74 Å². The molecule has 2 unspecified atom stereocenters. The highest BCUT2D eigenvalue weighted by molar-refractivity contribution is 7.09. The Hall–Kier alpha value is -2.48. The number of methoxy groups -OCH3 is 1. The first-order valence-electron chi connectivity index (χ1n) is 10.8. The Kier molecular flexibility index (Phi) is 5.42. The summed E-state index contributed by atoms with van der Waals surface area (Å²) in [5, 5.41) is 18.2. The fourth-order valence-electron chi connectivity index (χ4n) is 5.14. The van der Waals surface area contributed by atoms with E-state index in [0.29, 0.717) is 30.6 Å². The van der Waals surface area contributed by atoms with Crippen LogP contribution in [0.2, 0.25) is 0 Å². The first-order chi connectivity index (χ1) is 15.0. The molecule has 31 heavy (non-hydrogen) atoms. The van der Waals surface area contributed by atoms with Gasteiger partial charge in [-0.2, -0.15) is 5.10 Å². The zero-order valence-electron chi connectivity index (χ0n) is 17.6. The SMILES string of the molecule is COc1ccc(-c2ccc(=O)n(CC3(O)CC4CCC(C3)N4Cc3cccs3)n2)cc1. The lowest BCUT2D eigenvalue weighted by molar-refractivity contribution is -0.0674. The standard InChI is InChI=1S/C24H27N3O3S/c1-30-20-8-4-17(5-9-20)22-10-11-23(28)27(25-22)16-24(29)13-18-6-7-19(14-24)26(18)15-21-3-2-12-31-21/h2-5,8-12,18-19,29H,6-7,13-16H2,1H3. The summed E-state index contributed by atoms with van der Waals surface area (Å²) in [6.07, 6.45) is 3.56. The van der Waals surface area contributed by atoms with Gasteiger partial charge in [0, 0.05) is 35.1 Å². The van der Waals surface area contributed by atoms with E-state index < -0.39 is 5.60 Å². The van der Waals surface area contributed by atoms with Crippen LogP contribution in [-0.4, -0.2) is 44.6 Å². The first-order valence-corrected chi connectivity index (χ1v) is 11.6. The summed E-state index contributed by atoms with van der Waals surface area (Å²) in [6, 6.07) is 15.9. The molecule has 2 saturated heterocycles. The maximum atomic E-state index is 12.5. The fourth-order valence-corrected chi connectivity index (χ4v) is 5.85. The van der Waals surface area contributed by atoms with Crippen LogP contribution in [0.1, 0.15) is 30.6 Å². The minimum Gasteiger partial charge on any atom is -0.497 e. The average molecular weight is 438 g/mol. The van der Waals surface area contributed by atoms with Crippen LogP contribution in [0.15, 0.2) is 58.7 Å². The highest BCUT2D eigenvalue weighted by atomic mass is 32.1. The van der Waals surface area contributed by atoms with Crippen LogP contribution in [0.4, 0.5) is 0 Å². The highest BCUT2D eigenvalue weighted by Gasteiger charge is 2.47. The van der Waals surface area contributed by atoms with Crippen molar-refractivity contribution in [1.29, 1.82) is 0 Å².